The van der Waals surface area contributed by atoms with Crippen molar-refractivity contribution in [2.45, 2.75) is 26.4 Å². The maximum atomic E-state index is 12.8. The van der Waals surface area contributed by atoms with Gasteiger partial charge in [-0.15, -0.1) is 0 Å². The summed E-state index contributed by atoms with van der Waals surface area (Å²) in [4.78, 5) is 42.0. The number of aromatic amines is 1. The standard InChI is InChI=1S/C23H25N3O4/c1-23(2,3)30-21(28)15-26(17-10-5-4-6-11-17)20(27)14-24-22(29)19-13-16-9-7-8-12-18(16)25-19/h4-13,25H,14-15H2,1-3H3,(H,24,29). The molecule has 0 aliphatic carbocycles. The van der Waals surface area contributed by atoms with Crippen molar-refractivity contribution in [2.24, 2.45) is 0 Å². The Labute approximate surface area is 175 Å². The van der Waals surface area contributed by atoms with Crippen molar-refractivity contribution in [3.63, 3.8) is 0 Å². The number of hydrogen-bond donors (Lipinski definition) is 2. The van der Waals surface area contributed by atoms with Crippen molar-refractivity contribution in [1.82, 2.24) is 10.3 Å². The molecule has 3 aromatic rings. The van der Waals surface area contributed by atoms with E-state index in [1.807, 2.05) is 30.3 Å². The minimum absolute atomic E-state index is 0.248. The van der Waals surface area contributed by atoms with Gasteiger partial charge >= 0.3 is 5.97 Å². The number of carbonyl (C=O) groups is 3. The average Bonchev–Trinajstić information content (AvgIpc) is 3.14. The van der Waals surface area contributed by atoms with Crippen molar-refractivity contribution in [1.29, 1.82) is 0 Å². The minimum atomic E-state index is -0.660. The molecule has 0 unspecified atom stereocenters. The highest BCUT2D eigenvalue weighted by Gasteiger charge is 2.24. The van der Waals surface area contributed by atoms with E-state index in [1.165, 1.54) is 4.90 Å². The maximum Gasteiger partial charge on any atom is 0.326 e. The van der Waals surface area contributed by atoms with Gasteiger partial charge in [0.25, 0.3) is 5.91 Å². The van der Waals surface area contributed by atoms with Crippen molar-refractivity contribution in [3.05, 3.63) is 66.4 Å². The monoisotopic (exact) mass is 407 g/mol. The maximum absolute atomic E-state index is 12.8. The molecule has 3 rings (SSSR count). The number of aromatic nitrogens is 1. The first-order chi connectivity index (χ1) is 14.2. The summed E-state index contributed by atoms with van der Waals surface area (Å²) in [7, 11) is 0. The van der Waals surface area contributed by atoms with E-state index >= 15 is 0 Å². The molecule has 0 fully saturated rings. The number of para-hydroxylation sites is 2. The number of rotatable bonds is 6. The fourth-order valence-electron chi connectivity index (χ4n) is 2.98. The molecule has 30 heavy (non-hydrogen) atoms. The van der Waals surface area contributed by atoms with Gasteiger partial charge in [-0.05, 0) is 45.0 Å². The molecule has 156 valence electrons. The SMILES string of the molecule is CC(C)(C)OC(=O)CN(C(=O)CNC(=O)c1cc2ccccc2[nH]1)c1ccccc1. The van der Waals surface area contributed by atoms with Gasteiger partial charge < -0.3 is 15.0 Å². The van der Waals surface area contributed by atoms with Gasteiger partial charge in [0, 0.05) is 16.6 Å². The third-order valence-electron chi connectivity index (χ3n) is 4.25. The van der Waals surface area contributed by atoms with Crippen LogP contribution >= 0.6 is 0 Å². The van der Waals surface area contributed by atoms with Crippen LogP contribution in [0.25, 0.3) is 10.9 Å². The highest BCUT2D eigenvalue weighted by Crippen LogP contribution is 2.16. The summed E-state index contributed by atoms with van der Waals surface area (Å²) in [6.45, 7) is 4.79. The summed E-state index contributed by atoms with van der Waals surface area (Å²) in [6.07, 6.45) is 0. The molecule has 2 amide bonds. The van der Waals surface area contributed by atoms with E-state index in [0.717, 1.165) is 10.9 Å². The van der Waals surface area contributed by atoms with Crippen LogP contribution in [0.2, 0.25) is 0 Å². The lowest BCUT2D eigenvalue weighted by Gasteiger charge is -2.25. The summed E-state index contributed by atoms with van der Waals surface area (Å²) < 4.78 is 5.34. The third-order valence-corrected chi connectivity index (χ3v) is 4.25. The fourth-order valence-corrected chi connectivity index (χ4v) is 2.98. The second-order valence-electron chi connectivity index (χ2n) is 7.85. The molecule has 2 aromatic carbocycles. The van der Waals surface area contributed by atoms with Crippen LogP contribution in [-0.4, -0.2) is 41.5 Å². The zero-order chi connectivity index (χ0) is 21.7. The Morgan fingerprint density at radius 2 is 1.67 bits per heavy atom. The van der Waals surface area contributed by atoms with Crippen LogP contribution in [0.1, 0.15) is 31.3 Å². The van der Waals surface area contributed by atoms with E-state index in [9.17, 15) is 14.4 Å². The van der Waals surface area contributed by atoms with Gasteiger partial charge in [0.05, 0.1) is 6.54 Å². The van der Waals surface area contributed by atoms with Gasteiger partial charge in [-0.25, -0.2) is 0 Å². The summed E-state index contributed by atoms with van der Waals surface area (Å²) in [5, 5.41) is 3.53. The number of nitrogens with one attached hydrogen (secondary N) is 2. The van der Waals surface area contributed by atoms with E-state index in [2.05, 4.69) is 10.3 Å². The van der Waals surface area contributed by atoms with Gasteiger partial charge in [0.2, 0.25) is 5.91 Å². The number of carbonyl (C=O) groups excluding carboxylic acids is 3. The Kier molecular flexibility index (Phi) is 6.20. The molecule has 2 N–H and O–H groups in total. The summed E-state index contributed by atoms with van der Waals surface area (Å²) in [5.74, 6) is -1.34. The molecule has 1 heterocycles. The lowest BCUT2D eigenvalue weighted by Crippen LogP contribution is -2.44. The number of benzene rings is 2. The van der Waals surface area contributed by atoms with E-state index in [0.29, 0.717) is 11.4 Å². The first-order valence-electron chi connectivity index (χ1n) is 9.66. The number of nitrogens with zero attached hydrogens (tertiary/aromatic N) is 1. The Balaban J connectivity index is 1.69. The smallest absolute Gasteiger partial charge is 0.326 e. The molecular weight excluding hydrogens is 382 g/mol. The molecule has 0 aliphatic heterocycles. The molecule has 0 radical (unpaired) electrons. The third kappa shape index (κ3) is 5.47. The zero-order valence-corrected chi connectivity index (χ0v) is 17.3. The molecule has 0 spiro atoms. The zero-order valence-electron chi connectivity index (χ0n) is 17.3. The van der Waals surface area contributed by atoms with Gasteiger partial charge in [0.15, 0.2) is 0 Å². The van der Waals surface area contributed by atoms with Crippen molar-refractivity contribution in [2.75, 3.05) is 18.0 Å². The molecule has 0 bridgehead atoms. The Hall–Kier alpha value is -3.61. The van der Waals surface area contributed by atoms with Crippen molar-refractivity contribution < 1.29 is 19.1 Å². The summed E-state index contributed by atoms with van der Waals surface area (Å²) in [6, 6.07) is 18.1. The highest BCUT2D eigenvalue weighted by atomic mass is 16.6. The molecule has 0 saturated carbocycles. The normalized spacial score (nSPS) is 11.2. The molecule has 7 heteroatoms. The van der Waals surface area contributed by atoms with Crippen LogP contribution in [0.4, 0.5) is 5.69 Å². The summed E-state index contributed by atoms with van der Waals surface area (Å²) in [5.41, 5.74) is 1.09. The van der Waals surface area contributed by atoms with Crippen LogP contribution in [0, 0.1) is 0 Å². The molecule has 1 aromatic heterocycles. The van der Waals surface area contributed by atoms with E-state index in [1.54, 1.807) is 51.1 Å². The summed E-state index contributed by atoms with van der Waals surface area (Å²) >= 11 is 0. The predicted molar refractivity (Wildman–Crippen MR) is 115 cm³/mol. The van der Waals surface area contributed by atoms with Gasteiger partial charge in [-0.2, -0.15) is 0 Å². The average molecular weight is 407 g/mol. The predicted octanol–water partition coefficient (Wildman–Crippen LogP) is 3.27. The molecule has 0 aliphatic rings. The van der Waals surface area contributed by atoms with Gasteiger partial charge in [-0.3, -0.25) is 19.3 Å². The molecule has 7 nitrogen and oxygen atoms in total. The van der Waals surface area contributed by atoms with Crippen molar-refractivity contribution >= 4 is 34.4 Å². The second kappa shape index (κ2) is 8.82. The Bertz CT molecular complexity index is 1020. The number of amides is 2. The van der Waals surface area contributed by atoms with Crippen LogP contribution in [-0.2, 0) is 14.3 Å². The van der Waals surface area contributed by atoms with Crippen LogP contribution in [0.5, 0.6) is 0 Å². The number of esters is 1. The van der Waals surface area contributed by atoms with E-state index in [4.69, 9.17) is 4.74 Å². The number of anilines is 1. The van der Waals surface area contributed by atoms with Crippen LogP contribution < -0.4 is 10.2 Å². The second-order valence-corrected chi connectivity index (χ2v) is 7.85. The van der Waals surface area contributed by atoms with Crippen LogP contribution in [0.3, 0.4) is 0 Å². The number of ether oxygens (including phenoxy) is 1. The molecule has 0 atom stereocenters. The number of H-pyrrole nitrogens is 1. The molecule has 0 saturated heterocycles. The topological polar surface area (TPSA) is 91.5 Å². The first kappa shape index (κ1) is 21.1. The lowest BCUT2D eigenvalue weighted by atomic mass is 10.2. The Morgan fingerprint density at radius 3 is 2.33 bits per heavy atom. The minimum Gasteiger partial charge on any atom is -0.459 e. The molecular formula is C23H25N3O4. The lowest BCUT2D eigenvalue weighted by molar-refractivity contribution is -0.153. The first-order valence-corrected chi connectivity index (χ1v) is 9.66. The number of fused-ring (bicyclic) bond motifs is 1. The van der Waals surface area contributed by atoms with Crippen molar-refractivity contribution in [3.8, 4) is 0 Å². The number of hydrogen-bond acceptors (Lipinski definition) is 4. The van der Waals surface area contributed by atoms with E-state index < -0.39 is 23.4 Å². The quantitative estimate of drug-likeness (QED) is 0.614. The van der Waals surface area contributed by atoms with E-state index in [-0.39, 0.29) is 13.1 Å². The van der Waals surface area contributed by atoms with Gasteiger partial charge in [0.1, 0.15) is 17.8 Å². The highest BCUT2D eigenvalue weighted by molar-refractivity contribution is 6.03. The van der Waals surface area contributed by atoms with Gasteiger partial charge in [-0.1, -0.05) is 36.4 Å². The fraction of sp³-hybridized carbons (Fsp3) is 0.261. The largest absolute Gasteiger partial charge is 0.459 e. The Morgan fingerprint density at radius 1 is 1.00 bits per heavy atom. The van der Waals surface area contributed by atoms with Crippen LogP contribution in [0.15, 0.2) is 60.7 Å².